The highest BCUT2D eigenvalue weighted by Gasteiger charge is 2.30. The smallest absolute Gasteiger partial charge is 0.407 e. The van der Waals surface area contributed by atoms with Crippen LogP contribution in [0.25, 0.3) is 0 Å². The van der Waals surface area contributed by atoms with E-state index in [1.807, 2.05) is 20.8 Å². The van der Waals surface area contributed by atoms with Crippen LogP contribution in [0.3, 0.4) is 0 Å². The number of carbonyl (C=O) groups excluding carboxylic acids is 1. The third-order valence-electron chi connectivity index (χ3n) is 3.67. The van der Waals surface area contributed by atoms with Gasteiger partial charge < -0.3 is 19.6 Å². The molecule has 0 atom stereocenters. The quantitative estimate of drug-likeness (QED) is 0.787. The van der Waals surface area contributed by atoms with Crippen molar-refractivity contribution in [2.75, 3.05) is 32.2 Å². The summed E-state index contributed by atoms with van der Waals surface area (Å²) in [5.41, 5.74) is -0.503. The van der Waals surface area contributed by atoms with Crippen molar-refractivity contribution in [3.8, 4) is 0 Å². The molecule has 1 aliphatic heterocycles. The number of carboxylic acid groups (broad SMARTS) is 1. The summed E-state index contributed by atoms with van der Waals surface area (Å²) in [6.45, 7) is 7.39. The summed E-state index contributed by atoms with van der Waals surface area (Å²) >= 11 is 5.68. The second-order valence-corrected chi connectivity index (χ2v) is 6.44. The van der Waals surface area contributed by atoms with E-state index in [0.717, 1.165) is 12.8 Å². The van der Waals surface area contributed by atoms with Gasteiger partial charge in [0.2, 0.25) is 5.91 Å². The number of hydrogen-bond donors (Lipinski definition) is 1. The highest BCUT2D eigenvalue weighted by Crippen LogP contribution is 2.17. The minimum atomic E-state index is -0.979. The van der Waals surface area contributed by atoms with Gasteiger partial charge >= 0.3 is 6.09 Å². The summed E-state index contributed by atoms with van der Waals surface area (Å²) in [4.78, 5) is 26.4. The van der Waals surface area contributed by atoms with E-state index in [2.05, 4.69) is 0 Å². The van der Waals surface area contributed by atoms with Crippen molar-refractivity contribution >= 4 is 23.6 Å². The molecule has 6 nitrogen and oxygen atoms in total. The molecule has 0 aromatic heterocycles. The molecule has 0 spiro atoms. The summed E-state index contributed by atoms with van der Waals surface area (Å²) in [7, 11) is 0. The molecule has 0 aliphatic carbocycles. The monoisotopic (exact) mass is 320 g/mol. The number of hydrogen-bond acceptors (Lipinski definition) is 3. The molecule has 0 saturated carbocycles. The van der Waals surface area contributed by atoms with Crippen LogP contribution in [0.1, 0.15) is 33.6 Å². The van der Waals surface area contributed by atoms with Gasteiger partial charge in [0.15, 0.2) is 0 Å². The van der Waals surface area contributed by atoms with Crippen LogP contribution in [0.15, 0.2) is 0 Å². The van der Waals surface area contributed by atoms with Crippen molar-refractivity contribution in [3.05, 3.63) is 0 Å². The van der Waals surface area contributed by atoms with Crippen LogP contribution >= 0.6 is 11.6 Å². The fourth-order valence-corrected chi connectivity index (χ4v) is 2.66. The third kappa shape index (κ3) is 5.36. The zero-order valence-corrected chi connectivity index (χ0v) is 13.7. The molecular formula is C14H25ClN2O4. The molecule has 1 aliphatic rings. The number of halogens is 1. The maximum Gasteiger partial charge on any atom is 0.407 e. The van der Waals surface area contributed by atoms with Crippen molar-refractivity contribution in [2.24, 2.45) is 0 Å². The van der Waals surface area contributed by atoms with Gasteiger partial charge in [0, 0.05) is 37.9 Å². The molecule has 0 aromatic rings. The van der Waals surface area contributed by atoms with E-state index in [9.17, 15) is 14.7 Å². The normalized spacial score (nSPS) is 16.6. The number of nitrogens with zero attached hydrogens (tertiary/aromatic N) is 2. The first-order valence-electron chi connectivity index (χ1n) is 7.21. The lowest BCUT2D eigenvalue weighted by atomic mass is 10.1. The van der Waals surface area contributed by atoms with Crippen LogP contribution in [0, 0.1) is 0 Å². The second kappa shape index (κ2) is 7.84. The molecule has 0 bridgehead atoms. The van der Waals surface area contributed by atoms with Crippen molar-refractivity contribution < 1.29 is 19.4 Å². The molecule has 0 aromatic carbocycles. The topological polar surface area (TPSA) is 70.1 Å². The predicted molar refractivity (Wildman–Crippen MR) is 80.8 cm³/mol. The Kier molecular flexibility index (Phi) is 6.74. The second-order valence-electron chi connectivity index (χ2n) is 6.17. The van der Waals surface area contributed by atoms with E-state index < -0.39 is 11.6 Å². The van der Waals surface area contributed by atoms with E-state index in [1.54, 1.807) is 4.90 Å². The van der Waals surface area contributed by atoms with Crippen molar-refractivity contribution in [3.63, 3.8) is 0 Å². The first kappa shape index (κ1) is 18.0. The molecule has 1 fully saturated rings. The average molecular weight is 321 g/mol. The fraction of sp³-hybridized carbons (Fsp3) is 0.857. The molecule has 0 radical (unpaired) electrons. The molecular weight excluding hydrogens is 296 g/mol. The van der Waals surface area contributed by atoms with E-state index >= 15 is 0 Å². The summed E-state index contributed by atoms with van der Waals surface area (Å²) in [5, 5.41) is 9.30. The fourth-order valence-electron chi connectivity index (χ4n) is 2.51. The first-order valence-corrected chi connectivity index (χ1v) is 7.74. The Hall–Kier alpha value is -1.01. The van der Waals surface area contributed by atoms with Crippen molar-refractivity contribution in [1.82, 2.24) is 9.80 Å². The molecule has 7 heteroatoms. The standard InChI is InChI=1S/C14H25ClN2O4/c1-14(2,3)17(13(19)20)7-6-16(12(18)10-15)11-4-8-21-9-5-11/h11H,4-10H2,1-3H3,(H,19,20). The number of amides is 2. The zero-order chi connectivity index (χ0) is 16.0. The molecule has 1 saturated heterocycles. The highest BCUT2D eigenvalue weighted by atomic mass is 35.5. The van der Waals surface area contributed by atoms with E-state index in [1.165, 1.54) is 4.90 Å². The lowest BCUT2D eigenvalue weighted by Gasteiger charge is -2.38. The minimum Gasteiger partial charge on any atom is -0.465 e. The SMILES string of the molecule is CC(C)(C)N(CCN(C(=O)CCl)C1CCOCC1)C(=O)O. The first-order chi connectivity index (χ1) is 9.77. The van der Waals surface area contributed by atoms with Gasteiger partial charge in [-0.1, -0.05) is 0 Å². The van der Waals surface area contributed by atoms with E-state index in [-0.39, 0.29) is 24.4 Å². The third-order valence-corrected chi connectivity index (χ3v) is 3.90. The van der Waals surface area contributed by atoms with Crippen LogP contribution in [0.5, 0.6) is 0 Å². The molecule has 21 heavy (non-hydrogen) atoms. The lowest BCUT2D eigenvalue weighted by Crippen LogP contribution is -2.52. The number of ether oxygens (including phenoxy) is 1. The molecule has 1 heterocycles. The Labute approximate surface area is 131 Å². The number of carbonyl (C=O) groups is 2. The average Bonchev–Trinajstić information content (AvgIpc) is 2.42. The minimum absolute atomic E-state index is 0.0834. The van der Waals surface area contributed by atoms with Gasteiger partial charge in [0.05, 0.1) is 0 Å². The molecule has 0 unspecified atom stereocenters. The molecule has 1 rings (SSSR count). The maximum atomic E-state index is 12.0. The van der Waals surface area contributed by atoms with E-state index in [4.69, 9.17) is 16.3 Å². The van der Waals surface area contributed by atoms with Gasteiger partial charge in [-0.25, -0.2) is 4.79 Å². The van der Waals surface area contributed by atoms with Gasteiger partial charge in [0.25, 0.3) is 0 Å². The van der Waals surface area contributed by atoms with Crippen molar-refractivity contribution in [2.45, 2.75) is 45.2 Å². The summed E-state index contributed by atoms with van der Waals surface area (Å²) in [6, 6.07) is 0.0839. The number of alkyl halides is 1. The van der Waals surface area contributed by atoms with Crippen LogP contribution in [-0.2, 0) is 9.53 Å². The molecule has 1 N–H and O–H groups in total. The van der Waals surface area contributed by atoms with Gasteiger partial charge in [-0.2, -0.15) is 0 Å². The van der Waals surface area contributed by atoms with Crippen LogP contribution in [-0.4, -0.2) is 70.7 Å². The van der Waals surface area contributed by atoms with Gasteiger partial charge in [-0.3, -0.25) is 4.79 Å². The summed E-state index contributed by atoms with van der Waals surface area (Å²) in [6.07, 6.45) is 0.559. The summed E-state index contributed by atoms with van der Waals surface area (Å²) < 4.78 is 5.31. The Balaban J connectivity index is 2.72. The van der Waals surface area contributed by atoms with Crippen molar-refractivity contribution in [1.29, 1.82) is 0 Å². The van der Waals surface area contributed by atoms with Gasteiger partial charge in [0.1, 0.15) is 5.88 Å². The van der Waals surface area contributed by atoms with Crippen LogP contribution in [0.2, 0.25) is 0 Å². The molecule has 2 amide bonds. The van der Waals surface area contributed by atoms with Crippen LogP contribution in [0.4, 0.5) is 4.79 Å². The van der Waals surface area contributed by atoms with Gasteiger partial charge in [-0.15, -0.1) is 11.6 Å². The van der Waals surface area contributed by atoms with Gasteiger partial charge in [-0.05, 0) is 33.6 Å². The Morgan fingerprint density at radius 2 is 1.81 bits per heavy atom. The van der Waals surface area contributed by atoms with Crippen LogP contribution < -0.4 is 0 Å². The zero-order valence-electron chi connectivity index (χ0n) is 13.0. The Morgan fingerprint density at radius 1 is 1.24 bits per heavy atom. The number of rotatable bonds is 5. The highest BCUT2D eigenvalue weighted by molar-refractivity contribution is 6.27. The Morgan fingerprint density at radius 3 is 2.24 bits per heavy atom. The Bertz CT molecular complexity index is 364. The summed E-state index contributed by atoms with van der Waals surface area (Å²) in [5.74, 6) is -0.234. The van der Waals surface area contributed by atoms with E-state index in [0.29, 0.717) is 19.8 Å². The predicted octanol–water partition coefficient (Wildman–Crippen LogP) is 2.01. The largest absolute Gasteiger partial charge is 0.465 e. The molecule has 122 valence electrons. The maximum absolute atomic E-state index is 12.0. The lowest BCUT2D eigenvalue weighted by molar-refractivity contribution is -0.133.